The minimum atomic E-state index is -3.64. The highest BCUT2D eigenvalue weighted by Gasteiger charge is 2.19. The molecule has 0 saturated carbocycles. The molecule has 1 aromatic heterocycles. The number of aromatic amines is 1. The van der Waals surface area contributed by atoms with E-state index < -0.39 is 16.0 Å². The van der Waals surface area contributed by atoms with Crippen molar-refractivity contribution in [2.24, 2.45) is 0 Å². The van der Waals surface area contributed by atoms with Crippen molar-refractivity contribution in [3.63, 3.8) is 0 Å². The van der Waals surface area contributed by atoms with Gasteiger partial charge >= 0.3 is 5.97 Å². The standard InChI is InChI=1S/C10H16N2O4S/c1-3-4-7(2)12-17(15,16)8-5-9(10(13)14)11-6-8/h5-7,11-12H,3-4H2,1-2H3,(H,13,14). The molecule has 0 aliphatic rings. The minimum absolute atomic E-state index is 0.0575. The molecule has 96 valence electrons. The highest BCUT2D eigenvalue weighted by molar-refractivity contribution is 7.89. The van der Waals surface area contributed by atoms with E-state index >= 15 is 0 Å². The molecule has 0 amide bonds. The van der Waals surface area contributed by atoms with Gasteiger partial charge in [0.1, 0.15) is 10.6 Å². The van der Waals surface area contributed by atoms with Crippen molar-refractivity contribution < 1.29 is 18.3 Å². The van der Waals surface area contributed by atoms with E-state index in [-0.39, 0.29) is 16.6 Å². The van der Waals surface area contributed by atoms with Gasteiger partial charge in [0.25, 0.3) is 0 Å². The summed E-state index contributed by atoms with van der Waals surface area (Å²) in [5, 5.41) is 8.68. The number of carboxylic acid groups (broad SMARTS) is 1. The first-order valence-corrected chi connectivity index (χ1v) is 6.79. The Hall–Kier alpha value is -1.34. The van der Waals surface area contributed by atoms with Crippen LogP contribution in [-0.2, 0) is 10.0 Å². The summed E-state index contributed by atoms with van der Waals surface area (Å²) in [5.74, 6) is -1.19. The number of carbonyl (C=O) groups is 1. The monoisotopic (exact) mass is 260 g/mol. The zero-order chi connectivity index (χ0) is 13.1. The molecule has 0 aromatic carbocycles. The molecule has 6 nitrogen and oxygen atoms in total. The van der Waals surface area contributed by atoms with E-state index in [1.807, 2.05) is 6.92 Å². The smallest absolute Gasteiger partial charge is 0.352 e. The average Bonchev–Trinajstić information content (AvgIpc) is 2.65. The molecule has 7 heteroatoms. The fourth-order valence-corrected chi connectivity index (χ4v) is 2.75. The number of rotatable bonds is 6. The van der Waals surface area contributed by atoms with Gasteiger partial charge in [-0.15, -0.1) is 0 Å². The minimum Gasteiger partial charge on any atom is -0.477 e. The molecule has 1 rings (SSSR count). The second-order valence-corrected chi connectivity index (χ2v) is 5.58. The number of nitrogens with one attached hydrogen (secondary N) is 2. The van der Waals surface area contributed by atoms with E-state index in [0.717, 1.165) is 18.9 Å². The summed E-state index contributed by atoms with van der Waals surface area (Å²) in [4.78, 5) is 13.0. The topological polar surface area (TPSA) is 99.3 Å². The summed E-state index contributed by atoms with van der Waals surface area (Å²) in [5.41, 5.74) is -0.145. The van der Waals surface area contributed by atoms with Crippen LogP contribution >= 0.6 is 0 Å². The number of hydrogen-bond acceptors (Lipinski definition) is 3. The molecule has 0 radical (unpaired) electrons. The summed E-state index contributed by atoms with van der Waals surface area (Å²) in [6.45, 7) is 3.73. The number of carboxylic acids is 1. The van der Waals surface area contributed by atoms with Gasteiger partial charge in [-0.25, -0.2) is 17.9 Å². The third-order valence-electron chi connectivity index (χ3n) is 2.28. The molecule has 0 bridgehead atoms. The first kappa shape index (κ1) is 13.7. The SMILES string of the molecule is CCCC(C)NS(=O)(=O)c1c[nH]c(C(=O)O)c1. The molecule has 1 heterocycles. The summed E-state index contributed by atoms with van der Waals surface area (Å²) in [7, 11) is -3.64. The van der Waals surface area contributed by atoms with Gasteiger partial charge < -0.3 is 10.1 Å². The van der Waals surface area contributed by atoms with Crippen molar-refractivity contribution >= 4 is 16.0 Å². The molecule has 1 aromatic rings. The Labute approximate surface area is 100 Å². The lowest BCUT2D eigenvalue weighted by Crippen LogP contribution is -2.32. The maximum atomic E-state index is 11.8. The van der Waals surface area contributed by atoms with E-state index in [9.17, 15) is 13.2 Å². The summed E-state index contributed by atoms with van der Waals surface area (Å²) < 4.78 is 26.1. The van der Waals surface area contributed by atoms with Crippen LogP contribution in [0, 0.1) is 0 Å². The summed E-state index contributed by atoms with van der Waals surface area (Å²) in [6, 6.07) is 0.928. The Kier molecular flexibility index (Phi) is 4.30. The predicted octanol–water partition coefficient (Wildman–Crippen LogP) is 1.18. The Morgan fingerprint density at radius 2 is 2.24 bits per heavy atom. The van der Waals surface area contributed by atoms with Gasteiger partial charge in [0, 0.05) is 12.2 Å². The van der Waals surface area contributed by atoms with Crippen LogP contribution < -0.4 is 4.72 Å². The summed E-state index contributed by atoms with van der Waals surface area (Å²) >= 11 is 0. The van der Waals surface area contributed by atoms with E-state index in [0.29, 0.717) is 0 Å². The Morgan fingerprint density at radius 3 is 2.71 bits per heavy atom. The fourth-order valence-electron chi connectivity index (χ4n) is 1.48. The van der Waals surface area contributed by atoms with Crippen LogP contribution in [0.1, 0.15) is 37.2 Å². The van der Waals surface area contributed by atoms with Gasteiger partial charge in [-0.2, -0.15) is 0 Å². The van der Waals surface area contributed by atoms with Crippen molar-refractivity contribution in [2.75, 3.05) is 0 Å². The molecule has 1 unspecified atom stereocenters. The predicted molar refractivity (Wildman–Crippen MR) is 62.4 cm³/mol. The van der Waals surface area contributed by atoms with Crippen molar-refractivity contribution in [2.45, 2.75) is 37.6 Å². The molecular formula is C10H16N2O4S. The lowest BCUT2D eigenvalue weighted by molar-refractivity contribution is 0.0691. The molecule has 0 aliphatic heterocycles. The normalized spacial score (nSPS) is 13.5. The lowest BCUT2D eigenvalue weighted by atomic mass is 10.2. The average molecular weight is 260 g/mol. The zero-order valence-corrected chi connectivity index (χ0v) is 10.5. The molecule has 0 aliphatic carbocycles. The second-order valence-electron chi connectivity index (χ2n) is 3.87. The number of aromatic carboxylic acids is 1. The number of sulfonamides is 1. The molecule has 0 spiro atoms. The lowest BCUT2D eigenvalue weighted by Gasteiger charge is -2.11. The Bertz CT molecular complexity index is 492. The van der Waals surface area contributed by atoms with Crippen LogP contribution in [0.15, 0.2) is 17.2 Å². The van der Waals surface area contributed by atoms with Gasteiger partial charge in [0.15, 0.2) is 0 Å². The molecule has 3 N–H and O–H groups in total. The Morgan fingerprint density at radius 1 is 1.59 bits per heavy atom. The zero-order valence-electron chi connectivity index (χ0n) is 9.73. The largest absolute Gasteiger partial charge is 0.477 e. The maximum absolute atomic E-state index is 11.8. The molecule has 1 atom stereocenters. The maximum Gasteiger partial charge on any atom is 0.352 e. The van der Waals surface area contributed by atoms with Gasteiger partial charge in [0.05, 0.1) is 0 Å². The van der Waals surface area contributed by atoms with Crippen molar-refractivity contribution in [1.82, 2.24) is 9.71 Å². The van der Waals surface area contributed by atoms with Gasteiger partial charge in [-0.05, 0) is 19.4 Å². The molecular weight excluding hydrogens is 244 g/mol. The molecule has 17 heavy (non-hydrogen) atoms. The van der Waals surface area contributed by atoms with Crippen LogP contribution in [0.4, 0.5) is 0 Å². The highest BCUT2D eigenvalue weighted by atomic mass is 32.2. The van der Waals surface area contributed by atoms with Crippen LogP contribution in [0.3, 0.4) is 0 Å². The van der Waals surface area contributed by atoms with Crippen molar-refractivity contribution in [1.29, 1.82) is 0 Å². The second kappa shape index (κ2) is 5.33. The number of hydrogen-bond donors (Lipinski definition) is 3. The highest BCUT2D eigenvalue weighted by Crippen LogP contribution is 2.12. The van der Waals surface area contributed by atoms with E-state index in [4.69, 9.17) is 5.11 Å². The van der Waals surface area contributed by atoms with Gasteiger partial charge in [-0.1, -0.05) is 13.3 Å². The first-order chi connectivity index (χ1) is 7.86. The molecule has 0 fully saturated rings. The van der Waals surface area contributed by atoms with Crippen LogP contribution in [0.2, 0.25) is 0 Å². The van der Waals surface area contributed by atoms with Crippen molar-refractivity contribution in [3.05, 3.63) is 18.0 Å². The number of H-pyrrole nitrogens is 1. The third kappa shape index (κ3) is 3.57. The van der Waals surface area contributed by atoms with Crippen LogP contribution in [0.25, 0.3) is 0 Å². The molecule has 0 saturated heterocycles. The third-order valence-corrected chi connectivity index (χ3v) is 3.84. The van der Waals surface area contributed by atoms with Gasteiger partial charge in [-0.3, -0.25) is 0 Å². The van der Waals surface area contributed by atoms with E-state index in [2.05, 4.69) is 9.71 Å². The first-order valence-electron chi connectivity index (χ1n) is 5.31. The number of aromatic nitrogens is 1. The van der Waals surface area contributed by atoms with Crippen molar-refractivity contribution in [3.8, 4) is 0 Å². The van der Waals surface area contributed by atoms with E-state index in [1.54, 1.807) is 6.92 Å². The quantitative estimate of drug-likeness (QED) is 0.715. The van der Waals surface area contributed by atoms with Gasteiger partial charge in [0.2, 0.25) is 10.0 Å². The fraction of sp³-hybridized carbons (Fsp3) is 0.500. The van der Waals surface area contributed by atoms with E-state index in [1.165, 1.54) is 6.20 Å². The van der Waals surface area contributed by atoms with Crippen LogP contribution in [0.5, 0.6) is 0 Å². The Balaban J connectivity index is 2.86. The van der Waals surface area contributed by atoms with Crippen LogP contribution in [-0.4, -0.2) is 30.5 Å². The summed E-state index contributed by atoms with van der Waals surface area (Å²) in [6.07, 6.45) is 2.77.